The number of carbonyl (C=O) groups is 1. The molecule has 0 aliphatic carbocycles. The first-order chi connectivity index (χ1) is 11.1. The smallest absolute Gasteiger partial charge is 0.257 e. The van der Waals surface area contributed by atoms with Gasteiger partial charge in [-0.25, -0.2) is 4.98 Å². The Labute approximate surface area is 141 Å². The van der Waals surface area contributed by atoms with E-state index in [9.17, 15) is 4.79 Å². The molecule has 1 N–H and O–H groups in total. The van der Waals surface area contributed by atoms with Gasteiger partial charge in [-0.05, 0) is 41.1 Å². The third-order valence-electron chi connectivity index (χ3n) is 3.37. The van der Waals surface area contributed by atoms with Crippen LogP contribution in [0.25, 0.3) is 10.9 Å². The number of fused-ring (bicyclic) bond motifs is 1. The van der Waals surface area contributed by atoms with Gasteiger partial charge in [0.05, 0.1) is 18.4 Å². The first kappa shape index (κ1) is 15.4. The normalized spacial score (nSPS) is 10.6. The summed E-state index contributed by atoms with van der Waals surface area (Å²) in [5.41, 5.74) is 2.68. The number of para-hydroxylation sites is 1. The molecule has 116 valence electrons. The fraction of sp³-hybridized carbons (Fsp3) is 0.118. The van der Waals surface area contributed by atoms with Crippen LogP contribution >= 0.6 is 15.9 Å². The van der Waals surface area contributed by atoms with Crippen molar-refractivity contribution in [1.82, 2.24) is 9.97 Å². The van der Waals surface area contributed by atoms with Gasteiger partial charge in [-0.15, -0.1) is 0 Å². The molecule has 0 aliphatic rings. The number of ether oxygens (including phenoxy) is 1. The number of anilines is 1. The number of nitrogens with zero attached hydrogens (tertiary/aromatic N) is 2. The van der Waals surface area contributed by atoms with Gasteiger partial charge in [0.1, 0.15) is 11.3 Å². The van der Waals surface area contributed by atoms with Gasteiger partial charge >= 0.3 is 0 Å². The van der Waals surface area contributed by atoms with Crippen LogP contribution in [-0.2, 0) is 0 Å². The van der Waals surface area contributed by atoms with Crippen molar-refractivity contribution in [2.75, 3.05) is 12.4 Å². The van der Waals surface area contributed by atoms with Gasteiger partial charge in [0, 0.05) is 27.9 Å². The second kappa shape index (κ2) is 6.34. The summed E-state index contributed by atoms with van der Waals surface area (Å²) in [6.07, 6.45) is 3.16. The van der Waals surface area contributed by atoms with Crippen LogP contribution in [0.4, 0.5) is 5.69 Å². The van der Waals surface area contributed by atoms with E-state index in [1.54, 1.807) is 19.4 Å². The van der Waals surface area contributed by atoms with Crippen molar-refractivity contribution in [2.45, 2.75) is 6.92 Å². The monoisotopic (exact) mass is 371 g/mol. The summed E-state index contributed by atoms with van der Waals surface area (Å²) in [4.78, 5) is 21.0. The van der Waals surface area contributed by atoms with Crippen LogP contribution in [0.5, 0.6) is 5.75 Å². The van der Waals surface area contributed by atoms with Gasteiger partial charge < -0.3 is 10.1 Å². The zero-order valence-corrected chi connectivity index (χ0v) is 14.2. The van der Waals surface area contributed by atoms with Crippen molar-refractivity contribution in [2.24, 2.45) is 0 Å². The highest BCUT2D eigenvalue weighted by molar-refractivity contribution is 9.10. The summed E-state index contributed by atoms with van der Waals surface area (Å²) in [7, 11) is 1.60. The molecule has 0 fully saturated rings. The molecular weight excluding hydrogens is 358 g/mol. The van der Waals surface area contributed by atoms with Crippen LogP contribution in [0.3, 0.4) is 0 Å². The van der Waals surface area contributed by atoms with E-state index in [2.05, 4.69) is 31.2 Å². The highest BCUT2D eigenvalue weighted by atomic mass is 79.9. The van der Waals surface area contributed by atoms with Gasteiger partial charge in [-0.3, -0.25) is 9.78 Å². The predicted molar refractivity (Wildman–Crippen MR) is 92.9 cm³/mol. The molecule has 0 spiro atoms. The summed E-state index contributed by atoms with van der Waals surface area (Å²) in [5.74, 6) is 0.444. The first-order valence-corrected chi connectivity index (χ1v) is 7.74. The summed E-state index contributed by atoms with van der Waals surface area (Å²) in [6, 6.07) is 9.18. The number of hydrogen-bond acceptors (Lipinski definition) is 4. The zero-order chi connectivity index (χ0) is 16.4. The molecule has 23 heavy (non-hydrogen) atoms. The molecular formula is C17H14BrN3O2. The number of amides is 1. The van der Waals surface area contributed by atoms with Gasteiger partial charge in [0.25, 0.3) is 5.91 Å². The predicted octanol–water partition coefficient (Wildman–Crippen LogP) is 3.96. The molecule has 0 bridgehead atoms. The van der Waals surface area contributed by atoms with Gasteiger partial charge in [-0.2, -0.15) is 0 Å². The van der Waals surface area contributed by atoms with Crippen LogP contribution < -0.4 is 10.1 Å². The summed E-state index contributed by atoms with van der Waals surface area (Å²) >= 11 is 3.32. The van der Waals surface area contributed by atoms with Crippen molar-refractivity contribution < 1.29 is 9.53 Å². The van der Waals surface area contributed by atoms with Crippen LogP contribution in [0.2, 0.25) is 0 Å². The maximum absolute atomic E-state index is 12.5. The minimum atomic E-state index is -0.228. The average Bonchev–Trinajstić information content (AvgIpc) is 2.54. The highest BCUT2D eigenvalue weighted by Crippen LogP contribution is 2.30. The number of benzene rings is 1. The SMILES string of the molecule is COc1cccc2c(NC(=O)c3cncc(Br)c3)cc(C)nc12. The number of methoxy groups -OCH3 is 1. The lowest BCUT2D eigenvalue weighted by atomic mass is 10.1. The molecule has 2 aromatic heterocycles. The van der Waals surface area contributed by atoms with Gasteiger partial charge in [-0.1, -0.05) is 12.1 Å². The number of hydrogen-bond donors (Lipinski definition) is 1. The van der Waals surface area contributed by atoms with Gasteiger partial charge in [0.2, 0.25) is 0 Å². The zero-order valence-electron chi connectivity index (χ0n) is 12.6. The molecule has 0 atom stereocenters. The summed E-state index contributed by atoms with van der Waals surface area (Å²) in [6.45, 7) is 1.88. The minimum absolute atomic E-state index is 0.228. The molecule has 3 aromatic rings. The molecule has 3 rings (SSSR count). The third-order valence-corrected chi connectivity index (χ3v) is 3.80. The van der Waals surface area contributed by atoms with E-state index < -0.39 is 0 Å². The number of aryl methyl sites for hydroxylation is 1. The lowest BCUT2D eigenvalue weighted by Crippen LogP contribution is -2.13. The van der Waals surface area contributed by atoms with E-state index >= 15 is 0 Å². The lowest BCUT2D eigenvalue weighted by Gasteiger charge is -2.12. The molecule has 0 radical (unpaired) electrons. The molecule has 0 saturated heterocycles. The van der Waals surface area contributed by atoms with Crippen LogP contribution in [0, 0.1) is 6.92 Å². The fourth-order valence-electron chi connectivity index (χ4n) is 2.35. The van der Waals surface area contributed by atoms with E-state index in [1.165, 1.54) is 6.20 Å². The molecule has 5 nitrogen and oxygen atoms in total. The second-order valence-corrected chi connectivity index (χ2v) is 5.93. The Bertz CT molecular complexity index is 896. The Balaban J connectivity index is 2.04. The van der Waals surface area contributed by atoms with E-state index in [-0.39, 0.29) is 5.91 Å². The number of pyridine rings is 2. The molecule has 0 unspecified atom stereocenters. The lowest BCUT2D eigenvalue weighted by molar-refractivity contribution is 0.102. The van der Waals surface area contributed by atoms with Crippen LogP contribution in [0.1, 0.15) is 16.1 Å². The Kier molecular flexibility index (Phi) is 4.25. The summed E-state index contributed by atoms with van der Waals surface area (Å²) in [5, 5.41) is 3.75. The molecule has 1 aromatic carbocycles. The molecule has 0 saturated carbocycles. The Morgan fingerprint density at radius 2 is 2.09 bits per heavy atom. The molecule has 2 heterocycles. The Morgan fingerprint density at radius 1 is 1.26 bits per heavy atom. The Hall–Kier alpha value is -2.47. The fourth-order valence-corrected chi connectivity index (χ4v) is 2.71. The van der Waals surface area contributed by atoms with E-state index in [4.69, 9.17) is 4.74 Å². The highest BCUT2D eigenvalue weighted by Gasteiger charge is 2.12. The second-order valence-electron chi connectivity index (χ2n) is 5.01. The van der Waals surface area contributed by atoms with Crippen molar-refractivity contribution in [3.05, 3.63) is 58.5 Å². The topological polar surface area (TPSA) is 64.1 Å². The van der Waals surface area contributed by atoms with Crippen molar-refractivity contribution >= 4 is 38.4 Å². The average molecular weight is 372 g/mol. The van der Waals surface area contributed by atoms with E-state index in [0.717, 1.165) is 21.1 Å². The van der Waals surface area contributed by atoms with Crippen LogP contribution in [0.15, 0.2) is 47.2 Å². The van der Waals surface area contributed by atoms with E-state index in [1.807, 2.05) is 31.2 Å². The number of rotatable bonds is 3. The molecule has 0 aliphatic heterocycles. The maximum Gasteiger partial charge on any atom is 0.257 e. The maximum atomic E-state index is 12.5. The van der Waals surface area contributed by atoms with Gasteiger partial charge in [0.15, 0.2) is 0 Å². The minimum Gasteiger partial charge on any atom is -0.494 e. The van der Waals surface area contributed by atoms with E-state index in [0.29, 0.717) is 17.0 Å². The third kappa shape index (κ3) is 3.17. The molecule has 1 amide bonds. The number of carbonyl (C=O) groups excluding carboxylic acids is 1. The number of halogens is 1. The van der Waals surface area contributed by atoms with Crippen molar-refractivity contribution in [3.8, 4) is 5.75 Å². The standard InChI is InChI=1S/C17H14BrN3O2/c1-10-6-14(13-4-3-5-15(23-2)16(13)20-10)21-17(22)11-7-12(18)9-19-8-11/h3-9H,1-2H3,(H,20,21,22). The quantitative estimate of drug-likeness (QED) is 0.756. The van der Waals surface area contributed by atoms with Crippen molar-refractivity contribution in [3.63, 3.8) is 0 Å². The molecule has 6 heteroatoms. The van der Waals surface area contributed by atoms with Crippen molar-refractivity contribution in [1.29, 1.82) is 0 Å². The largest absolute Gasteiger partial charge is 0.494 e. The number of nitrogens with one attached hydrogen (secondary N) is 1. The van der Waals surface area contributed by atoms with Crippen LogP contribution in [-0.4, -0.2) is 23.0 Å². The first-order valence-electron chi connectivity index (χ1n) is 6.95. The summed E-state index contributed by atoms with van der Waals surface area (Å²) < 4.78 is 6.10. The Morgan fingerprint density at radius 3 is 2.83 bits per heavy atom. The number of aromatic nitrogens is 2.